The molecule has 7 heteroatoms. The number of nitro benzene ring substituents is 1. The van der Waals surface area contributed by atoms with E-state index < -0.39 is 16.4 Å². The summed E-state index contributed by atoms with van der Waals surface area (Å²) in [7, 11) is 1.69. The van der Waals surface area contributed by atoms with E-state index in [1.807, 2.05) is 0 Å². The number of nitro groups is 1. The minimum Gasteiger partial charge on any atom is -0.326 e. The zero-order chi connectivity index (χ0) is 13.3. The third kappa shape index (κ3) is 2.24. The van der Waals surface area contributed by atoms with Gasteiger partial charge in [0, 0.05) is 32.7 Å². The van der Waals surface area contributed by atoms with Crippen molar-refractivity contribution in [1.29, 1.82) is 0 Å². The van der Waals surface area contributed by atoms with Gasteiger partial charge < -0.3 is 9.80 Å². The molecular formula is C11H12FN3O3. The van der Waals surface area contributed by atoms with Crippen LogP contribution in [0.25, 0.3) is 0 Å². The van der Waals surface area contributed by atoms with Gasteiger partial charge in [-0.2, -0.15) is 4.39 Å². The number of rotatable bonds is 3. The molecule has 1 heterocycles. The molecule has 0 aliphatic carbocycles. The van der Waals surface area contributed by atoms with Gasteiger partial charge in [-0.25, -0.2) is 4.79 Å². The van der Waals surface area contributed by atoms with E-state index in [-0.39, 0.29) is 12.6 Å². The zero-order valence-corrected chi connectivity index (χ0v) is 9.80. The van der Waals surface area contributed by atoms with Crippen LogP contribution < -0.4 is 0 Å². The lowest BCUT2D eigenvalue weighted by Gasteiger charge is -2.15. The molecule has 0 atom stereocenters. The molecule has 0 radical (unpaired) electrons. The number of likely N-dealkylation sites (N-methyl/N-ethyl adjacent to an activating group) is 1. The van der Waals surface area contributed by atoms with Crippen molar-refractivity contribution in [3.8, 4) is 0 Å². The molecule has 18 heavy (non-hydrogen) atoms. The van der Waals surface area contributed by atoms with Crippen molar-refractivity contribution in [3.05, 3.63) is 39.7 Å². The maximum absolute atomic E-state index is 13.4. The first kappa shape index (κ1) is 12.3. The Morgan fingerprint density at radius 2 is 2.17 bits per heavy atom. The predicted octanol–water partition coefficient (Wildman–Crippen LogP) is 1.60. The Hall–Kier alpha value is -2.18. The third-order valence-electron chi connectivity index (χ3n) is 2.88. The highest BCUT2D eigenvalue weighted by Crippen LogP contribution is 2.20. The second kappa shape index (κ2) is 4.59. The van der Waals surface area contributed by atoms with E-state index in [0.717, 1.165) is 12.1 Å². The number of hydrogen-bond acceptors (Lipinski definition) is 3. The summed E-state index contributed by atoms with van der Waals surface area (Å²) < 4.78 is 13.4. The molecule has 96 valence electrons. The second-order valence-corrected chi connectivity index (χ2v) is 4.17. The molecule has 1 aromatic rings. The maximum atomic E-state index is 13.4. The fourth-order valence-corrected chi connectivity index (χ4v) is 1.87. The van der Waals surface area contributed by atoms with Crippen LogP contribution in [0.2, 0.25) is 0 Å². The monoisotopic (exact) mass is 253 g/mol. The van der Waals surface area contributed by atoms with E-state index in [4.69, 9.17) is 0 Å². The lowest BCUT2D eigenvalue weighted by Crippen LogP contribution is -2.28. The van der Waals surface area contributed by atoms with Crippen LogP contribution in [-0.2, 0) is 6.54 Å². The van der Waals surface area contributed by atoms with Crippen molar-refractivity contribution in [2.75, 3.05) is 20.1 Å². The highest BCUT2D eigenvalue weighted by atomic mass is 19.1. The Kier molecular flexibility index (Phi) is 3.14. The highest BCUT2D eigenvalue weighted by molar-refractivity contribution is 5.76. The SMILES string of the molecule is CN1CCN(Cc2ccc([N+](=O)[O-])c(F)c2)C1=O. The van der Waals surface area contributed by atoms with Crippen LogP contribution in [0.1, 0.15) is 5.56 Å². The van der Waals surface area contributed by atoms with Crippen LogP contribution >= 0.6 is 0 Å². The van der Waals surface area contributed by atoms with Crippen molar-refractivity contribution in [1.82, 2.24) is 9.80 Å². The van der Waals surface area contributed by atoms with Gasteiger partial charge in [-0.1, -0.05) is 6.07 Å². The smallest absolute Gasteiger partial charge is 0.320 e. The first-order valence-electron chi connectivity index (χ1n) is 5.42. The molecule has 0 unspecified atom stereocenters. The fraction of sp³-hybridized carbons (Fsp3) is 0.364. The molecule has 0 spiro atoms. The summed E-state index contributed by atoms with van der Waals surface area (Å²) in [6, 6.07) is 3.57. The van der Waals surface area contributed by atoms with Gasteiger partial charge in [0.2, 0.25) is 5.82 Å². The number of carbonyl (C=O) groups is 1. The largest absolute Gasteiger partial charge is 0.326 e. The molecule has 1 fully saturated rings. The van der Waals surface area contributed by atoms with Gasteiger partial charge in [-0.3, -0.25) is 10.1 Å². The lowest BCUT2D eigenvalue weighted by molar-refractivity contribution is -0.387. The van der Waals surface area contributed by atoms with Gasteiger partial charge >= 0.3 is 11.7 Å². The summed E-state index contributed by atoms with van der Waals surface area (Å²) in [4.78, 5) is 24.5. The molecule has 1 aliphatic rings. The topological polar surface area (TPSA) is 66.7 Å². The molecule has 1 saturated heterocycles. The molecule has 0 N–H and O–H groups in total. The Morgan fingerprint density at radius 3 is 2.67 bits per heavy atom. The summed E-state index contributed by atoms with van der Waals surface area (Å²) in [5, 5.41) is 10.5. The van der Waals surface area contributed by atoms with E-state index >= 15 is 0 Å². The van der Waals surface area contributed by atoms with Crippen LogP contribution in [0.3, 0.4) is 0 Å². The quantitative estimate of drug-likeness (QED) is 0.607. The zero-order valence-electron chi connectivity index (χ0n) is 9.80. The van der Waals surface area contributed by atoms with Crippen molar-refractivity contribution >= 4 is 11.7 Å². The van der Waals surface area contributed by atoms with Crippen molar-refractivity contribution in [2.45, 2.75) is 6.54 Å². The number of nitrogens with zero attached hydrogens (tertiary/aromatic N) is 3. The van der Waals surface area contributed by atoms with Crippen molar-refractivity contribution in [3.63, 3.8) is 0 Å². The van der Waals surface area contributed by atoms with Gasteiger partial charge in [-0.15, -0.1) is 0 Å². The molecule has 2 rings (SSSR count). The average molecular weight is 253 g/mol. The molecule has 2 amide bonds. The van der Waals surface area contributed by atoms with Crippen LogP contribution in [0.15, 0.2) is 18.2 Å². The summed E-state index contributed by atoms with van der Waals surface area (Å²) in [5.74, 6) is -0.877. The van der Waals surface area contributed by atoms with E-state index in [2.05, 4.69) is 0 Å². The average Bonchev–Trinajstić information content (AvgIpc) is 2.61. The Labute approximate surface area is 103 Å². The van der Waals surface area contributed by atoms with Crippen molar-refractivity contribution < 1.29 is 14.1 Å². The lowest BCUT2D eigenvalue weighted by atomic mass is 10.2. The van der Waals surface area contributed by atoms with E-state index in [1.165, 1.54) is 6.07 Å². The fourth-order valence-electron chi connectivity index (χ4n) is 1.87. The van der Waals surface area contributed by atoms with Gasteiger partial charge in [-0.05, 0) is 11.6 Å². The molecule has 0 aromatic heterocycles. The van der Waals surface area contributed by atoms with Crippen LogP contribution in [0.5, 0.6) is 0 Å². The normalized spacial score (nSPS) is 15.3. The Morgan fingerprint density at radius 1 is 1.44 bits per heavy atom. The highest BCUT2D eigenvalue weighted by Gasteiger charge is 2.25. The maximum Gasteiger partial charge on any atom is 0.320 e. The molecule has 1 aromatic carbocycles. The number of amides is 2. The number of urea groups is 1. The Balaban J connectivity index is 2.14. The predicted molar refractivity (Wildman–Crippen MR) is 61.5 cm³/mol. The van der Waals surface area contributed by atoms with Crippen LogP contribution in [-0.4, -0.2) is 40.9 Å². The number of carbonyl (C=O) groups excluding carboxylic acids is 1. The van der Waals surface area contributed by atoms with Gasteiger partial charge in [0.1, 0.15) is 0 Å². The minimum atomic E-state index is -0.877. The van der Waals surface area contributed by atoms with Crippen LogP contribution in [0.4, 0.5) is 14.9 Å². The molecule has 1 aliphatic heterocycles. The molecule has 6 nitrogen and oxygen atoms in total. The molecule has 0 saturated carbocycles. The first-order valence-corrected chi connectivity index (χ1v) is 5.42. The molecule has 0 bridgehead atoms. The van der Waals surface area contributed by atoms with Gasteiger partial charge in [0.25, 0.3) is 0 Å². The number of hydrogen-bond donors (Lipinski definition) is 0. The summed E-state index contributed by atoms with van der Waals surface area (Å²) in [6.45, 7) is 1.47. The van der Waals surface area contributed by atoms with Crippen molar-refractivity contribution in [2.24, 2.45) is 0 Å². The first-order chi connectivity index (χ1) is 8.49. The van der Waals surface area contributed by atoms with E-state index in [0.29, 0.717) is 18.7 Å². The van der Waals surface area contributed by atoms with Crippen LogP contribution in [0, 0.1) is 15.9 Å². The minimum absolute atomic E-state index is 0.117. The van der Waals surface area contributed by atoms with Gasteiger partial charge in [0.05, 0.1) is 4.92 Å². The Bertz CT molecular complexity index is 506. The summed E-state index contributed by atoms with van der Waals surface area (Å²) in [6.07, 6.45) is 0. The molecular weight excluding hydrogens is 241 g/mol. The van der Waals surface area contributed by atoms with E-state index in [9.17, 15) is 19.3 Å². The standard InChI is InChI=1S/C11H12FN3O3/c1-13-4-5-14(11(13)16)7-8-2-3-10(15(17)18)9(12)6-8/h2-3,6H,4-5,7H2,1H3. The van der Waals surface area contributed by atoms with E-state index in [1.54, 1.807) is 16.8 Å². The number of halogens is 1. The second-order valence-electron chi connectivity index (χ2n) is 4.17. The summed E-state index contributed by atoms with van der Waals surface area (Å²) >= 11 is 0. The third-order valence-corrected chi connectivity index (χ3v) is 2.88. The summed E-state index contributed by atoms with van der Waals surface area (Å²) in [5.41, 5.74) is -0.00892. The number of benzene rings is 1. The van der Waals surface area contributed by atoms with Gasteiger partial charge in [0.15, 0.2) is 0 Å².